The number of benzene rings is 1. The summed E-state index contributed by atoms with van der Waals surface area (Å²) in [5.74, 6) is 1.56. The third kappa shape index (κ3) is 2.18. The van der Waals surface area contributed by atoms with Crippen LogP contribution in [-0.4, -0.2) is 21.5 Å². The van der Waals surface area contributed by atoms with Gasteiger partial charge in [-0.2, -0.15) is 0 Å². The van der Waals surface area contributed by atoms with Crippen LogP contribution in [0.15, 0.2) is 35.2 Å². The third-order valence-corrected chi connectivity index (χ3v) is 3.69. The second-order valence-corrected chi connectivity index (χ2v) is 5.66. The summed E-state index contributed by atoms with van der Waals surface area (Å²) in [7, 11) is 1.68. The first kappa shape index (κ1) is 13.1. The normalized spacial score (nSPS) is 11.0. The Labute approximate surface area is 125 Å². The average Bonchev–Trinajstić information content (AvgIpc) is 2.80. The minimum absolute atomic E-state index is 0.692. The van der Waals surface area contributed by atoms with Crippen LogP contribution in [0.5, 0.6) is 5.75 Å². The molecular formula is C15H14BrN3O. The second-order valence-electron chi connectivity index (χ2n) is 4.74. The molecule has 3 rings (SSSR count). The van der Waals surface area contributed by atoms with Crippen molar-refractivity contribution in [1.82, 2.24) is 14.4 Å². The van der Waals surface area contributed by atoms with Crippen LogP contribution in [0.1, 0.15) is 11.1 Å². The lowest BCUT2D eigenvalue weighted by Gasteiger charge is -2.09. The van der Waals surface area contributed by atoms with Gasteiger partial charge in [0.05, 0.1) is 17.3 Å². The number of halogens is 1. The van der Waals surface area contributed by atoms with Crippen LogP contribution in [0.4, 0.5) is 0 Å². The van der Waals surface area contributed by atoms with Crippen molar-refractivity contribution in [3.63, 3.8) is 0 Å². The minimum atomic E-state index is 0.692. The van der Waals surface area contributed by atoms with Crippen LogP contribution in [0.2, 0.25) is 0 Å². The van der Waals surface area contributed by atoms with Crippen molar-refractivity contribution in [1.29, 1.82) is 0 Å². The molecule has 3 aromatic rings. The Kier molecular flexibility index (Phi) is 3.22. The largest absolute Gasteiger partial charge is 0.497 e. The summed E-state index contributed by atoms with van der Waals surface area (Å²) < 4.78 is 8.14. The molecule has 5 heteroatoms. The Bertz CT molecular complexity index is 772. The van der Waals surface area contributed by atoms with Crippen LogP contribution in [0.25, 0.3) is 17.0 Å². The van der Waals surface area contributed by atoms with E-state index in [1.165, 1.54) is 0 Å². The number of imidazole rings is 1. The van der Waals surface area contributed by atoms with Gasteiger partial charge in [-0.05, 0) is 53.0 Å². The molecule has 0 amide bonds. The van der Waals surface area contributed by atoms with Crippen molar-refractivity contribution >= 4 is 21.7 Å². The Morgan fingerprint density at radius 1 is 1.15 bits per heavy atom. The lowest BCUT2D eigenvalue weighted by atomic mass is 10.00. The van der Waals surface area contributed by atoms with E-state index in [0.29, 0.717) is 5.78 Å². The summed E-state index contributed by atoms with van der Waals surface area (Å²) in [6.45, 7) is 4.14. The summed E-state index contributed by atoms with van der Waals surface area (Å²) in [6.07, 6.45) is 5.70. The average molecular weight is 332 g/mol. The number of nitrogens with zero attached hydrogens (tertiary/aromatic N) is 3. The summed E-state index contributed by atoms with van der Waals surface area (Å²) in [4.78, 5) is 8.89. The second kappa shape index (κ2) is 4.90. The first-order valence-electron chi connectivity index (χ1n) is 6.24. The monoisotopic (exact) mass is 331 g/mol. The van der Waals surface area contributed by atoms with Crippen molar-refractivity contribution in [2.24, 2.45) is 0 Å². The van der Waals surface area contributed by atoms with E-state index in [1.54, 1.807) is 13.3 Å². The molecule has 0 fully saturated rings. The Balaban J connectivity index is 2.20. The van der Waals surface area contributed by atoms with Crippen LogP contribution in [0.3, 0.4) is 0 Å². The zero-order chi connectivity index (χ0) is 14.3. The van der Waals surface area contributed by atoms with Gasteiger partial charge in [-0.15, -0.1) is 0 Å². The highest BCUT2D eigenvalue weighted by atomic mass is 79.9. The predicted octanol–water partition coefficient (Wildman–Crippen LogP) is 3.78. The van der Waals surface area contributed by atoms with Crippen LogP contribution < -0.4 is 4.74 Å². The van der Waals surface area contributed by atoms with Crippen molar-refractivity contribution in [3.8, 4) is 17.0 Å². The molecule has 0 aliphatic heterocycles. The van der Waals surface area contributed by atoms with Gasteiger partial charge in [0.25, 0.3) is 0 Å². The molecule has 102 valence electrons. The Morgan fingerprint density at radius 2 is 1.85 bits per heavy atom. The van der Waals surface area contributed by atoms with Crippen LogP contribution >= 0.6 is 15.9 Å². The molecular weight excluding hydrogens is 318 g/mol. The van der Waals surface area contributed by atoms with Gasteiger partial charge in [0.2, 0.25) is 5.78 Å². The molecule has 0 N–H and O–H groups in total. The van der Waals surface area contributed by atoms with E-state index < -0.39 is 0 Å². The topological polar surface area (TPSA) is 39.4 Å². The number of aryl methyl sites for hydroxylation is 2. The van der Waals surface area contributed by atoms with Crippen molar-refractivity contribution in [2.45, 2.75) is 13.8 Å². The summed E-state index contributed by atoms with van der Waals surface area (Å²) in [6, 6.07) is 4.05. The number of rotatable bonds is 2. The molecule has 1 aromatic carbocycles. The standard InChI is InChI=1S/C15H14BrN3O/c1-9-4-12(20-3)5-10(2)14(9)13-8-19-7-11(16)6-17-15(19)18-13/h4-8H,1-3H3. The molecule has 0 bridgehead atoms. The highest BCUT2D eigenvalue weighted by Gasteiger charge is 2.12. The zero-order valence-electron chi connectivity index (χ0n) is 11.5. The smallest absolute Gasteiger partial charge is 0.234 e. The van der Waals surface area contributed by atoms with Gasteiger partial charge in [-0.3, -0.25) is 4.40 Å². The molecule has 0 aliphatic rings. The summed E-state index contributed by atoms with van der Waals surface area (Å²) >= 11 is 3.42. The minimum Gasteiger partial charge on any atom is -0.497 e. The fourth-order valence-corrected chi connectivity index (χ4v) is 2.75. The van der Waals surface area contributed by atoms with E-state index in [1.807, 2.05) is 28.9 Å². The predicted molar refractivity (Wildman–Crippen MR) is 82.1 cm³/mol. The van der Waals surface area contributed by atoms with E-state index >= 15 is 0 Å². The Hall–Kier alpha value is -1.88. The molecule has 0 aliphatic carbocycles. The number of hydrogen-bond acceptors (Lipinski definition) is 3. The first-order valence-corrected chi connectivity index (χ1v) is 7.03. The van der Waals surface area contributed by atoms with Gasteiger partial charge < -0.3 is 4.74 Å². The van der Waals surface area contributed by atoms with Gasteiger partial charge >= 0.3 is 0 Å². The molecule has 2 aromatic heterocycles. The first-order chi connectivity index (χ1) is 9.58. The maximum atomic E-state index is 5.30. The highest BCUT2D eigenvalue weighted by Crippen LogP contribution is 2.30. The molecule has 20 heavy (non-hydrogen) atoms. The zero-order valence-corrected chi connectivity index (χ0v) is 13.1. The third-order valence-electron chi connectivity index (χ3n) is 3.28. The van der Waals surface area contributed by atoms with Gasteiger partial charge in [0.15, 0.2) is 0 Å². The van der Waals surface area contributed by atoms with E-state index in [-0.39, 0.29) is 0 Å². The fraction of sp³-hybridized carbons (Fsp3) is 0.200. The molecule has 0 atom stereocenters. The van der Waals surface area contributed by atoms with E-state index in [9.17, 15) is 0 Å². The SMILES string of the molecule is COc1cc(C)c(-c2cn3cc(Br)cnc3n2)c(C)c1. The lowest BCUT2D eigenvalue weighted by Crippen LogP contribution is -1.91. The van der Waals surface area contributed by atoms with Gasteiger partial charge in [0.1, 0.15) is 5.75 Å². The number of fused-ring (bicyclic) bond motifs is 1. The summed E-state index contributed by atoms with van der Waals surface area (Å²) in [5, 5.41) is 0. The van der Waals surface area contributed by atoms with Gasteiger partial charge in [0, 0.05) is 24.2 Å². The van der Waals surface area contributed by atoms with E-state index in [4.69, 9.17) is 4.74 Å². The highest BCUT2D eigenvalue weighted by molar-refractivity contribution is 9.10. The maximum Gasteiger partial charge on any atom is 0.234 e. The quantitative estimate of drug-likeness (QED) is 0.717. The fourth-order valence-electron chi connectivity index (χ4n) is 2.43. The van der Waals surface area contributed by atoms with Crippen molar-refractivity contribution in [2.75, 3.05) is 7.11 Å². The number of ether oxygens (including phenoxy) is 1. The van der Waals surface area contributed by atoms with Crippen molar-refractivity contribution in [3.05, 3.63) is 46.3 Å². The van der Waals surface area contributed by atoms with Crippen LogP contribution in [-0.2, 0) is 0 Å². The van der Waals surface area contributed by atoms with Crippen LogP contribution in [0, 0.1) is 13.8 Å². The molecule has 0 saturated carbocycles. The van der Waals surface area contributed by atoms with Gasteiger partial charge in [-0.25, -0.2) is 9.97 Å². The van der Waals surface area contributed by atoms with Crippen molar-refractivity contribution < 1.29 is 4.74 Å². The molecule has 4 nitrogen and oxygen atoms in total. The molecule has 2 heterocycles. The number of hydrogen-bond donors (Lipinski definition) is 0. The maximum absolute atomic E-state index is 5.30. The summed E-state index contributed by atoms with van der Waals surface area (Å²) in [5.41, 5.74) is 4.34. The van der Waals surface area contributed by atoms with E-state index in [0.717, 1.165) is 32.6 Å². The molecule has 0 unspecified atom stereocenters. The lowest BCUT2D eigenvalue weighted by molar-refractivity contribution is 0.414. The van der Waals surface area contributed by atoms with Gasteiger partial charge in [-0.1, -0.05) is 0 Å². The number of methoxy groups -OCH3 is 1. The number of aromatic nitrogens is 3. The molecule has 0 radical (unpaired) electrons. The Morgan fingerprint density at radius 3 is 2.50 bits per heavy atom. The molecule has 0 saturated heterocycles. The van der Waals surface area contributed by atoms with E-state index in [2.05, 4.69) is 39.7 Å². The molecule has 0 spiro atoms.